The summed E-state index contributed by atoms with van der Waals surface area (Å²) in [6.45, 7) is 2.98. The molecule has 3 N–H and O–H groups in total. The summed E-state index contributed by atoms with van der Waals surface area (Å²) in [5.74, 6) is -0.549. The molecule has 0 unspecified atom stereocenters. The van der Waals surface area contributed by atoms with Crippen LogP contribution in [0, 0.1) is 6.92 Å². The van der Waals surface area contributed by atoms with Crippen molar-refractivity contribution < 1.29 is 35.0 Å². The Balaban J connectivity index is 2.14. The number of furan rings is 1. The third-order valence-corrected chi connectivity index (χ3v) is 4.95. The summed E-state index contributed by atoms with van der Waals surface area (Å²) < 4.78 is 71.2. The van der Waals surface area contributed by atoms with Crippen LogP contribution in [0.5, 0.6) is 5.88 Å². The van der Waals surface area contributed by atoms with Crippen molar-refractivity contribution in [2.75, 3.05) is 11.1 Å². The first-order valence-corrected chi connectivity index (χ1v) is 10.0. The third-order valence-electron chi connectivity index (χ3n) is 4.00. The van der Waals surface area contributed by atoms with Crippen molar-refractivity contribution >= 4 is 27.4 Å². The Hall–Kier alpha value is -3.54. The maximum atomic E-state index is 12.8. The smallest absolute Gasteiger partial charge is 0.461 e. The molecular weight excluding hydrogens is 439 g/mol. The molecule has 8 nitrogen and oxygen atoms in total. The summed E-state index contributed by atoms with van der Waals surface area (Å²) in [6, 6.07) is 10.7. The molecule has 2 aromatic heterocycles. The van der Waals surface area contributed by atoms with Gasteiger partial charge in [0.1, 0.15) is 17.2 Å². The first-order chi connectivity index (χ1) is 14.4. The second-order valence-corrected chi connectivity index (χ2v) is 7.96. The van der Waals surface area contributed by atoms with Crippen molar-refractivity contribution in [1.82, 2.24) is 4.98 Å². The number of anilines is 2. The Labute approximate surface area is 175 Å². The Morgan fingerprint density at radius 3 is 2.32 bits per heavy atom. The first-order valence-electron chi connectivity index (χ1n) is 8.63. The van der Waals surface area contributed by atoms with Crippen LogP contribution in [0.4, 0.5) is 24.5 Å². The number of nitrogens with one attached hydrogen (secondary N) is 1. The van der Waals surface area contributed by atoms with Gasteiger partial charge in [0.15, 0.2) is 0 Å². The SMILES string of the molecule is CC(=O)Nc1ccc(-c2cc(-c3ccc(C)o3)c(N)c(OS(=O)(=O)C(F)(F)F)n2)cc1. The number of nitrogen functional groups attached to an aromatic ring is 1. The van der Waals surface area contributed by atoms with Crippen molar-refractivity contribution in [2.45, 2.75) is 19.4 Å². The molecule has 0 fully saturated rings. The highest BCUT2D eigenvalue weighted by Gasteiger charge is 2.49. The quantitative estimate of drug-likeness (QED) is 0.439. The molecule has 12 heteroatoms. The first kappa shape index (κ1) is 22.2. The predicted octanol–water partition coefficient (Wildman–Crippen LogP) is 4.09. The Bertz CT molecular complexity index is 1240. The van der Waals surface area contributed by atoms with Gasteiger partial charge in [0.25, 0.3) is 5.88 Å². The second kappa shape index (κ2) is 7.95. The number of carbonyl (C=O) groups excluding carboxylic acids is 1. The Morgan fingerprint density at radius 1 is 1.16 bits per heavy atom. The van der Waals surface area contributed by atoms with Crippen LogP contribution in [0.15, 0.2) is 46.9 Å². The van der Waals surface area contributed by atoms with Crippen LogP contribution in [-0.2, 0) is 14.9 Å². The van der Waals surface area contributed by atoms with Gasteiger partial charge in [-0.3, -0.25) is 4.79 Å². The number of pyridine rings is 1. The highest BCUT2D eigenvalue weighted by atomic mass is 32.2. The van der Waals surface area contributed by atoms with E-state index in [2.05, 4.69) is 14.5 Å². The number of benzene rings is 1. The molecule has 0 atom stereocenters. The molecule has 0 spiro atoms. The zero-order chi connectivity index (χ0) is 23.0. The molecule has 0 bridgehead atoms. The average molecular weight is 455 g/mol. The maximum absolute atomic E-state index is 12.8. The van der Waals surface area contributed by atoms with E-state index in [1.165, 1.54) is 31.2 Å². The van der Waals surface area contributed by atoms with E-state index in [-0.39, 0.29) is 22.9 Å². The zero-order valence-corrected chi connectivity index (χ0v) is 17.0. The molecule has 0 aliphatic carbocycles. The number of nitrogens with two attached hydrogens (primary N) is 1. The van der Waals surface area contributed by atoms with Crippen molar-refractivity contribution in [1.29, 1.82) is 0 Å². The van der Waals surface area contributed by atoms with E-state index in [1.54, 1.807) is 25.1 Å². The minimum atomic E-state index is -6.01. The molecule has 0 aliphatic heterocycles. The number of rotatable bonds is 5. The van der Waals surface area contributed by atoms with Gasteiger partial charge in [-0.05, 0) is 37.3 Å². The van der Waals surface area contributed by atoms with Crippen molar-refractivity contribution in [3.63, 3.8) is 0 Å². The third kappa shape index (κ3) is 4.79. The van der Waals surface area contributed by atoms with Crippen LogP contribution in [-0.4, -0.2) is 24.8 Å². The van der Waals surface area contributed by atoms with Gasteiger partial charge in [-0.1, -0.05) is 12.1 Å². The van der Waals surface area contributed by atoms with E-state index in [0.717, 1.165) is 0 Å². The van der Waals surface area contributed by atoms with Gasteiger partial charge >= 0.3 is 15.6 Å². The molecule has 3 aromatic rings. The van der Waals surface area contributed by atoms with E-state index in [9.17, 15) is 26.4 Å². The number of alkyl halides is 3. The minimum absolute atomic E-state index is 0.0694. The molecule has 1 amide bonds. The van der Waals surface area contributed by atoms with Gasteiger partial charge in [-0.2, -0.15) is 21.6 Å². The van der Waals surface area contributed by atoms with Gasteiger partial charge in [0, 0.05) is 23.7 Å². The van der Waals surface area contributed by atoms with Crippen LogP contribution >= 0.6 is 0 Å². The molecule has 2 heterocycles. The van der Waals surface area contributed by atoms with Gasteiger partial charge in [0.05, 0.1) is 5.69 Å². The second-order valence-electron chi connectivity index (χ2n) is 6.43. The van der Waals surface area contributed by atoms with Gasteiger partial charge in [0.2, 0.25) is 5.91 Å². The number of carbonyl (C=O) groups is 1. The fourth-order valence-corrected chi connectivity index (χ4v) is 3.03. The minimum Gasteiger partial charge on any atom is -0.461 e. The molecule has 3 rings (SSSR count). The number of hydrogen-bond donors (Lipinski definition) is 2. The number of hydrogen-bond acceptors (Lipinski definition) is 7. The lowest BCUT2D eigenvalue weighted by Crippen LogP contribution is -2.28. The lowest BCUT2D eigenvalue weighted by Gasteiger charge is -2.14. The zero-order valence-electron chi connectivity index (χ0n) is 16.1. The van der Waals surface area contributed by atoms with Gasteiger partial charge in [-0.15, -0.1) is 0 Å². The number of aromatic nitrogens is 1. The number of aryl methyl sites for hydroxylation is 1. The summed E-state index contributed by atoms with van der Waals surface area (Å²) >= 11 is 0. The van der Waals surface area contributed by atoms with Gasteiger partial charge < -0.3 is 19.7 Å². The van der Waals surface area contributed by atoms with Crippen LogP contribution in [0.1, 0.15) is 12.7 Å². The van der Waals surface area contributed by atoms with Crippen LogP contribution in [0.3, 0.4) is 0 Å². The highest BCUT2D eigenvalue weighted by Crippen LogP contribution is 2.38. The van der Waals surface area contributed by atoms with E-state index in [0.29, 0.717) is 17.0 Å². The molecular formula is C19H16F3N3O5S. The van der Waals surface area contributed by atoms with E-state index in [1.807, 2.05) is 0 Å². The van der Waals surface area contributed by atoms with Crippen molar-refractivity contribution in [3.8, 4) is 28.5 Å². The molecule has 164 valence electrons. The van der Waals surface area contributed by atoms with E-state index >= 15 is 0 Å². The maximum Gasteiger partial charge on any atom is 0.534 e. The highest BCUT2D eigenvalue weighted by molar-refractivity contribution is 7.88. The average Bonchev–Trinajstić information content (AvgIpc) is 3.08. The fourth-order valence-electron chi connectivity index (χ4n) is 2.60. The van der Waals surface area contributed by atoms with Gasteiger partial charge in [-0.25, -0.2) is 4.98 Å². The molecule has 0 saturated carbocycles. The monoisotopic (exact) mass is 455 g/mol. The fraction of sp³-hybridized carbons (Fsp3) is 0.158. The summed E-state index contributed by atoms with van der Waals surface area (Å²) in [7, 11) is -6.01. The standard InChI is InChI=1S/C19H16F3N3O5S/c1-10-3-8-16(29-10)14-9-15(12-4-6-13(7-5-12)24-11(2)26)25-18(17(14)23)30-31(27,28)19(20,21)22/h3-9H,23H2,1-2H3,(H,24,26). The molecule has 1 aromatic carbocycles. The van der Waals surface area contributed by atoms with Crippen molar-refractivity contribution in [3.05, 3.63) is 48.2 Å². The van der Waals surface area contributed by atoms with E-state index in [4.69, 9.17) is 10.2 Å². The van der Waals surface area contributed by atoms with Crippen LogP contribution in [0.25, 0.3) is 22.6 Å². The summed E-state index contributed by atoms with van der Waals surface area (Å²) in [5, 5.41) is 2.57. The normalized spacial score (nSPS) is 11.9. The molecule has 0 radical (unpaired) electrons. The van der Waals surface area contributed by atoms with Crippen LogP contribution in [0.2, 0.25) is 0 Å². The lowest BCUT2D eigenvalue weighted by molar-refractivity contribution is -0.114. The summed E-state index contributed by atoms with van der Waals surface area (Å²) in [6.07, 6.45) is 0. The number of nitrogens with zero attached hydrogens (tertiary/aromatic N) is 1. The van der Waals surface area contributed by atoms with Crippen molar-refractivity contribution in [2.24, 2.45) is 0 Å². The van der Waals surface area contributed by atoms with E-state index < -0.39 is 27.2 Å². The molecule has 0 aliphatic rings. The Morgan fingerprint density at radius 2 is 1.81 bits per heavy atom. The van der Waals surface area contributed by atoms with Crippen LogP contribution < -0.4 is 15.2 Å². The molecule has 31 heavy (non-hydrogen) atoms. The number of halogens is 3. The largest absolute Gasteiger partial charge is 0.534 e. The summed E-state index contributed by atoms with van der Waals surface area (Å²) in [4.78, 5) is 15.0. The molecule has 0 saturated heterocycles. The topological polar surface area (TPSA) is 125 Å². The Kier molecular flexibility index (Phi) is 5.68. The predicted molar refractivity (Wildman–Crippen MR) is 106 cm³/mol. The lowest BCUT2D eigenvalue weighted by atomic mass is 10.1. The number of amides is 1. The summed E-state index contributed by atoms with van der Waals surface area (Å²) in [5.41, 5.74) is 0.799.